The van der Waals surface area contributed by atoms with Gasteiger partial charge in [0.15, 0.2) is 23.3 Å². The number of benzene rings is 2. The highest BCUT2D eigenvalue weighted by molar-refractivity contribution is 5.74. The molecule has 128 valence electrons. The van der Waals surface area contributed by atoms with Crippen LogP contribution in [0.1, 0.15) is 37.1 Å². The molecule has 0 aliphatic carbocycles. The van der Waals surface area contributed by atoms with E-state index in [0.29, 0.717) is 11.1 Å². The number of rotatable bonds is 4. The van der Waals surface area contributed by atoms with Crippen LogP contribution < -0.4 is 10.6 Å². The maximum Gasteiger partial charge on any atom is 0.315 e. The Balaban J connectivity index is 1.98. The number of halogens is 4. The number of nitrogens with one attached hydrogen (secondary N) is 2. The fraction of sp³-hybridized carbons (Fsp3) is 0.235. The van der Waals surface area contributed by atoms with Gasteiger partial charge in [0.2, 0.25) is 0 Å². The predicted molar refractivity (Wildman–Crippen MR) is 81.2 cm³/mol. The Morgan fingerprint density at radius 2 is 1.12 bits per heavy atom. The van der Waals surface area contributed by atoms with Gasteiger partial charge in [-0.1, -0.05) is 12.1 Å². The van der Waals surface area contributed by atoms with Crippen molar-refractivity contribution in [3.05, 3.63) is 70.8 Å². The van der Waals surface area contributed by atoms with Gasteiger partial charge in [-0.2, -0.15) is 0 Å². The number of carbonyl (C=O) groups is 1. The fourth-order valence-electron chi connectivity index (χ4n) is 2.17. The monoisotopic (exact) mass is 340 g/mol. The molecule has 0 saturated carbocycles. The zero-order valence-corrected chi connectivity index (χ0v) is 13.0. The summed E-state index contributed by atoms with van der Waals surface area (Å²) in [5.74, 6) is -3.95. The quantitative estimate of drug-likeness (QED) is 0.798. The van der Waals surface area contributed by atoms with E-state index in [1.807, 2.05) is 0 Å². The van der Waals surface area contributed by atoms with Crippen LogP contribution in [0.3, 0.4) is 0 Å². The highest BCUT2D eigenvalue weighted by Gasteiger charge is 2.15. The summed E-state index contributed by atoms with van der Waals surface area (Å²) >= 11 is 0. The molecule has 0 aliphatic rings. The van der Waals surface area contributed by atoms with Crippen molar-refractivity contribution in [3.63, 3.8) is 0 Å². The van der Waals surface area contributed by atoms with Crippen LogP contribution in [-0.4, -0.2) is 6.03 Å². The molecule has 0 unspecified atom stereocenters. The number of hydrogen-bond acceptors (Lipinski definition) is 1. The molecule has 2 N–H and O–H groups in total. The van der Waals surface area contributed by atoms with Crippen LogP contribution in [0, 0.1) is 23.3 Å². The minimum absolute atomic E-state index is 0.393. The average molecular weight is 340 g/mol. The normalized spacial score (nSPS) is 13.2. The first kappa shape index (κ1) is 17.8. The predicted octanol–water partition coefficient (Wildman–Crippen LogP) is 4.36. The third-order valence-corrected chi connectivity index (χ3v) is 3.58. The first-order valence-corrected chi connectivity index (χ1v) is 7.25. The first-order valence-electron chi connectivity index (χ1n) is 7.25. The largest absolute Gasteiger partial charge is 0.332 e. The summed E-state index contributed by atoms with van der Waals surface area (Å²) in [6.45, 7) is 3.21. The lowest BCUT2D eigenvalue weighted by Gasteiger charge is -2.19. The minimum atomic E-state index is -1.00. The standard InChI is InChI=1S/C17H16F4N2O/c1-9(11-3-5-13(18)15(20)7-11)22-17(24)23-10(2)12-4-6-14(19)16(21)8-12/h3-10H,1-2H3,(H2,22,23,24)/t9-,10+. The molecule has 2 aromatic rings. The summed E-state index contributed by atoms with van der Waals surface area (Å²) in [5.41, 5.74) is 0.786. The van der Waals surface area contributed by atoms with Crippen molar-refractivity contribution in [2.45, 2.75) is 25.9 Å². The average Bonchev–Trinajstić information content (AvgIpc) is 2.52. The maximum absolute atomic E-state index is 13.2. The van der Waals surface area contributed by atoms with E-state index in [2.05, 4.69) is 10.6 Å². The lowest BCUT2D eigenvalue weighted by Crippen LogP contribution is -2.38. The van der Waals surface area contributed by atoms with Crippen molar-refractivity contribution in [3.8, 4) is 0 Å². The van der Waals surface area contributed by atoms with Gasteiger partial charge in [-0.05, 0) is 49.2 Å². The molecule has 2 rings (SSSR count). The lowest BCUT2D eigenvalue weighted by atomic mass is 10.1. The molecule has 0 heterocycles. The van der Waals surface area contributed by atoms with E-state index < -0.39 is 41.4 Å². The SMILES string of the molecule is C[C@H](NC(=O)N[C@H](C)c1ccc(F)c(F)c1)c1ccc(F)c(F)c1. The Kier molecular flexibility index (Phi) is 5.43. The molecule has 0 fully saturated rings. The molecule has 2 amide bonds. The molecule has 0 radical (unpaired) electrons. The van der Waals surface area contributed by atoms with Crippen LogP contribution in [0.15, 0.2) is 36.4 Å². The van der Waals surface area contributed by atoms with Crippen LogP contribution in [0.4, 0.5) is 22.4 Å². The Morgan fingerprint density at radius 3 is 1.46 bits per heavy atom. The highest BCUT2D eigenvalue weighted by Crippen LogP contribution is 2.18. The number of hydrogen-bond donors (Lipinski definition) is 2. The summed E-state index contributed by atoms with van der Waals surface area (Å²) < 4.78 is 52.2. The van der Waals surface area contributed by atoms with Crippen LogP contribution in [-0.2, 0) is 0 Å². The second kappa shape index (κ2) is 7.33. The van der Waals surface area contributed by atoms with Crippen LogP contribution in [0.25, 0.3) is 0 Å². The Labute approximate surface area is 136 Å². The van der Waals surface area contributed by atoms with E-state index >= 15 is 0 Å². The van der Waals surface area contributed by atoms with Crippen molar-refractivity contribution < 1.29 is 22.4 Å². The van der Waals surface area contributed by atoms with Crippen molar-refractivity contribution in [1.82, 2.24) is 10.6 Å². The molecule has 2 atom stereocenters. The second-order valence-corrected chi connectivity index (χ2v) is 5.41. The Bertz CT molecular complexity index is 690. The van der Waals surface area contributed by atoms with Crippen molar-refractivity contribution in [2.75, 3.05) is 0 Å². The zero-order valence-electron chi connectivity index (χ0n) is 13.0. The van der Waals surface area contributed by atoms with Gasteiger partial charge in [0.1, 0.15) is 0 Å². The molecule has 0 spiro atoms. The third kappa shape index (κ3) is 4.24. The Morgan fingerprint density at radius 1 is 0.750 bits per heavy atom. The van der Waals surface area contributed by atoms with E-state index in [1.165, 1.54) is 12.1 Å². The summed E-state index contributed by atoms with van der Waals surface area (Å²) in [5, 5.41) is 5.13. The van der Waals surface area contributed by atoms with Crippen LogP contribution >= 0.6 is 0 Å². The number of urea groups is 1. The van der Waals surface area contributed by atoms with E-state index in [4.69, 9.17) is 0 Å². The molecule has 0 saturated heterocycles. The van der Waals surface area contributed by atoms with E-state index in [0.717, 1.165) is 24.3 Å². The van der Waals surface area contributed by atoms with Gasteiger partial charge in [-0.15, -0.1) is 0 Å². The smallest absolute Gasteiger partial charge is 0.315 e. The molecule has 24 heavy (non-hydrogen) atoms. The molecule has 3 nitrogen and oxygen atoms in total. The van der Waals surface area contributed by atoms with Gasteiger partial charge < -0.3 is 10.6 Å². The van der Waals surface area contributed by atoms with Gasteiger partial charge in [0.25, 0.3) is 0 Å². The van der Waals surface area contributed by atoms with Crippen molar-refractivity contribution in [2.24, 2.45) is 0 Å². The van der Waals surface area contributed by atoms with Gasteiger partial charge >= 0.3 is 6.03 Å². The summed E-state index contributed by atoms with van der Waals surface area (Å²) in [6, 6.07) is 4.96. The summed E-state index contributed by atoms with van der Waals surface area (Å²) in [6.07, 6.45) is 0. The Hall–Kier alpha value is -2.57. The molecule has 0 bridgehead atoms. The van der Waals surface area contributed by atoms with Crippen molar-refractivity contribution >= 4 is 6.03 Å². The van der Waals surface area contributed by atoms with Crippen LogP contribution in [0.2, 0.25) is 0 Å². The first-order chi connectivity index (χ1) is 11.3. The third-order valence-electron chi connectivity index (χ3n) is 3.58. The van der Waals surface area contributed by atoms with Gasteiger partial charge in [-0.25, -0.2) is 22.4 Å². The van der Waals surface area contributed by atoms with E-state index in [9.17, 15) is 22.4 Å². The highest BCUT2D eigenvalue weighted by atomic mass is 19.2. The molecule has 0 aromatic heterocycles. The van der Waals surface area contributed by atoms with Crippen molar-refractivity contribution in [1.29, 1.82) is 0 Å². The molecular weight excluding hydrogens is 324 g/mol. The molecule has 2 aromatic carbocycles. The fourth-order valence-corrected chi connectivity index (χ4v) is 2.17. The number of amides is 2. The van der Waals surface area contributed by atoms with Crippen LogP contribution in [0.5, 0.6) is 0 Å². The second-order valence-electron chi connectivity index (χ2n) is 5.41. The lowest BCUT2D eigenvalue weighted by molar-refractivity contribution is 0.235. The summed E-state index contributed by atoms with van der Waals surface area (Å²) in [7, 11) is 0. The van der Waals surface area contributed by atoms with Gasteiger partial charge in [0, 0.05) is 0 Å². The van der Waals surface area contributed by atoms with E-state index in [1.54, 1.807) is 13.8 Å². The number of carbonyl (C=O) groups excluding carboxylic acids is 1. The molecule has 7 heteroatoms. The van der Waals surface area contributed by atoms with E-state index in [-0.39, 0.29) is 0 Å². The summed E-state index contributed by atoms with van der Waals surface area (Å²) in [4.78, 5) is 12.0. The zero-order chi connectivity index (χ0) is 17.9. The van der Waals surface area contributed by atoms with Gasteiger partial charge in [0.05, 0.1) is 12.1 Å². The topological polar surface area (TPSA) is 41.1 Å². The minimum Gasteiger partial charge on any atom is -0.332 e. The van der Waals surface area contributed by atoms with Gasteiger partial charge in [-0.3, -0.25) is 0 Å². The molecule has 0 aliphatic heterocycles. The maximum atomic E-state index is 13.2. The molecular formula is C17H16F4N2O.